The smallest absolute Gasteiger partial charge is 0.267 e. The van der Waals surface area contributed by atoms with Crippen LogP contribution >= 0.6 is 54.5 Å². The number of fused-ring (bicyclic) bond motifs is 1. The molecule has 1 aromatic carbocycles. The van der Waals surface area contributed by atoms with Crippen molar-refractivity contribution < 1.29 is 4.79 Å². The highest BCUT2D eigenvalue weighted by atomic mass is 79.9. The van der Waals surface area contributed by atoms with Gasteiger partial charge in [-0.15, -0.1) is 22.7 Å². The van der Waals surface area contributed by atoms with Crippen LogP contribution in [0.2, 0.25) is 0 Å². The number of amides is 1. The minimum absolute atomic E-state index is 0.117. The van der Waals surface area contributed by atoms with Gasteiger partial charge in [-0.05, 0) is 43.5 Å². The summed E-state index contributed by atoms with van der Waals surface area (Å²) in [6.45, 7) is 2.81. The predicted octanol–water partition coefficient (Wildman–Crippen LogP) is 5.54. The highest BCUT2D eigenvalue weighted by Crippen LogP contribution is 2.34. The quantitative estimate of drug-likeness (QED) is 0.499. The number of hydrogen-bond donors (Lipinski definition) is 1. The van der Waals surface area contributed by atoms with Crippen molar-refractivity contribution in [3.8, 4) is 0 Å². The van der Waals surface area contributed by atoms with E-state index in [1.165, 1.54) is 21.8 Å². The lowest BCUT2D eigenvalue weighted by Gasteiger charge is -2.25. The summed E-state index contributed by atoms with van der Waals surface area (Å²) < 4.78 is 1.81. The van der Waals surface area contributed by atoms with Crippen molar-refractivity contribution in [2.45, 2.75) is 19.5 Å². The van der Waals surface area contributed by atoms with Crippen molar-refractivity contribution >= 4 is 65.6 Å². The number of hydrogen-bond acceptors (Lipinski definition) is 5. The van der Waals surface area contributed by atoms with E-state index in [-0.39, 0.29) is 5.91 Å². The van der Waals surface area contributed by atoms with Gasteiger partial charge in [-0.3, -0.25) is 15.0 Å². The molecule has 26 heavy (non-hydrogen) atoms. The van der Waals surface area contributed by atoms with Gasteiger partial charge in [0, 0.05) is 35.4 Å². The Balaban J connectivity index is 1.43. The molecule has 1 amide bonds. The molecular weight excluding hydrogens is 498 g/mol. The number of rotatable bonds is 4. The molecule has 3 heterocycles. The molecule has 0 saturated heterocycles. The normalized spacial score (nSPS) is 14.2. The van der Waals surface area contributed by atoms with E-state index < -0.39 is 0 Å². The van der Waals surface area contributed by atoms with Crippen LogP contribution < -0.4 is 5.32 Å². The molecule has 4 rings (SSSR count). The molecule has 0 fully saturated rings. The van der Waals surface area contributed by atoms with Crippen molar-refractivity contribution in [2.75, 3.05) is 11.9 Å². The zero-order chi connectivity index (χ0) is 18.1. The van der Waals surface area contributed by atoms with E-state index in [0.717, 1.165) is 40.0 Å². The third-order valence-corrected chi connectivity index (χ3v) is 8.40. The van der Waals surface area contributed by atoms with Crippen LogP contribution in [0.4, 0.5) is 5.13 Å². The molecule has 134 valence electrons. The number of anilines is 1. The second kappa shape index (κ2) is 7.90. The summed E-state index contributed by atoms with van der Waals surface area (Å²) in [4.78, 5) is 21.4. The third kappa shape index (κ3) is 4.09. The van der Waals surface area contributed by atoms with E-state index in [1.54, 1.807) is 11.3 Å². The second-order valence-electron chi connectivity index (χ2n) is 6.02. The maximum absolute atomic E-state index is 12.4. The van der Waals surface area contributed by atoms with E-state index in [4.69, 9.17) is 0 Å². The molecule has 1 aliphatic rings. The highest BCUT2D eigenvalue weighted by Gasteiger charge is 2.22. The summed E-state index contributed by atoms with van der Waals surface area (Å²) in [6.07, 6.45) is 0.921. The molecule has 2 aromatic heterocycles. The highest BCUT2D eigenvalue weighted by molar-refractivity contribution is 9.13. The number of carbonyl (C=O) groups is 1. The van der Waals surface area contributed by atoms with Crippen LogP contribution in [0.15, 0.2) is 44.7 Å². The van der Waals surface area contributed by atoms with Crippen molar-refractivity contribution in [3.63, 3.8) is 0 Å². The van der Waals surface area contributed by atoms with E-state index in [1.807, 2.05) is 12.1 Å². The van der Waals surface area contributed by atoms with Crippen LogP contribution in [0.5, 0.6) is 0 Å². The summed E-state index contributed by atoms with van der Waals surface area (Å²) in [5, 5.41) is 3.62. The minimum Gasteiger partial charge on any atom is -0.297 e. The summed E-state index contributed by atoms with van der Waals surface area (Å²) in [7, 11) is 0. The molecule has 0 bridgehead atoms. The molecular formula is C18H15Br2N3OS2. The van der Waals surface area contributed by atoms with Crippen molar-refractivity contribution in [1.82, 2.24) is 9.88 Å². The number of nitrogens with one attached hydrogen (secondary N) is 1. The summed E-state index contributed by atoms with van der Waals surface area (Å²) in [6, 6.07) is 12.3. The third-order valence-electron chi connectivity index (χ3n) is 4.15. The summed E-state index contributed by atoms with van der Waals surface area (Å²) in [5.41, 5.74) is 2.44. The van der Waals surface area contributed by atoms with Gasteiger partial charge in [0.2, 0.25) is 0 Å². The van der Waals surface area contributed by atoms with Crippen molar-refractivity contribution in [2.24, 2.45) is 0 Å². The van der Waals surface area contributed by atoms with Gasteiger partial charge in [0.1, 0.15) is 0 Å². The van der Waals surface area contributed by atoms with Crippen LogP contribution in [-0.4, -0.2) is 22.3 Å². The van der Waals surface area contributed by atoms with Crippen LogP contribution in [0.3, 0.4) is 0 Å². The topological polar surface area (TPSA) is 45.2 Å². The first kappa shape index (κ1) is 18.3. The number of thiophene rings is 1. The second-order valence-corrected chi connectivity index (χ2v) is 10.3. The standard InChI is InChI=1S/C18H15Br2N3OS2/c19-12-8-14(25-16(12)20)17(24)22-18-21-13-6-7-23(10-15(13)26-18)9-11-4-2-1-3-5-11/h1-5,8H,6-7,9-10H2,(H,21,22,24). The first-order chi connectivity index (χ1) is 12.6. The van der Waals surface area contributed by atoms with Crippen LogP contribution in [-0.2, 0) is 19.5 Å². The molecule has 0 saturated carbocycles. The van der Waals surface area contributed by atoms with Crippen LogP contribution in [0.1, 0.15) is 25.8 Å². The Morgan fingerprint density at radius 2 is 2.04 bits per heavy atom. The van der Waals surface area contributed by atoms with Gasteiger partial charge in [0.05, 0.1) is 14.4 Å². The van der Waals surface area contributed by atoms with E-state index >= 15 is 0 Å². The van der Waals surface area contributed by atoms with E-state index in [9.17, 15) is 4.79 Å². The number of aromatic nitrogens is 1. The average Bonchev–Trinajstić information content (AvgIpc) is 3.18. The lowest BCUT2D eigenvalue weighted by Crippen LogP contribution is -2.29. The molecule has 4 nitrogen and oxygen atoms in total. The molecule has 0 radical (unpaired) electrons. The fraction of sp³-hybridized carbons (Fsp3) is 0.222. The SMILES string of the molecule is O=C(Nc1nc2c(s1)CN(Cc1ccccc1)CC2)c1cc(Br)c(Br)s1. The number of nitrogens with zero attached hydrogens (tertiary/aromatic N) is 2. The molecule has 1 N–H and O–H groups in total. The lowest BCUT2D eigenvalue weighted by molar-refractivity contribution is 0.103. The van der Waals surface area contributed by atoms with E-state index in [2.05, 4.69) is 71.3 Å². The molecule has 0 aliphatic carbocycles. The van der Waals surface area contributed by atoms with Crippen molar-refractivity contribution in [3.05, 3.63) is 65.7 Å². The van der Waals surface area contributed by atoms with Gasteiger partial charge in [-0.2, -0.15) is 0 Å². The predicted molar refractivity (Wildman–Crippen MR) is 114 cm³/mol. The molecule has 0 unspecified atom stereocenters. The Labute approximate surface area is 176 Å². The Morgan fingerprint density at radius 3 is 2.77 bits per heavy atom. The monoisotopic (exact) mass is 511 g/mol. The number of carbonyl (C=O) groups excluding carboxylic acids is 1. The van der Waals surface area contributed by atoms with Gasteiger partial charge < -0.3 is 0 Å². The van der Waals surface area contributed by atoms with Gasteiger partial charge in [0.25, 0.3) is 5.91 Å². The maximum Gasteiger partial charge on any atom is 0.267 e. The zero-order valence-corrected chi connectivity index (χ0v) is 18.5. The first-order valence-electron chi connectivity index (χ1n) is 8.09. The first-order valence-corrected chi connectivity index (χ1v) is 11.3. The van der Waals surface area contributed by atoms with Gasteiger partial charge >= 0.3 is 0 Å². The average molecular weight is 513 g/mol. The molecule has 0 spiro atoms. The fourth-order valence-electron chi connectivity index (χ4n) is 2.90. The Bertz CT molecular complexity index is 920. The van der Waals surface area contributed by atoms with E-state index in [0.29, 0.717) is 10.0 Å². The van der Waals surface area contributed by atoms with Crippen LogP contribution in [0.25, 0.3) is 0 Å². The van der Waals surface area contributed by atoms with Gasteiger partial charge in [-0.25, -0.2) is 4.98 Å². The fourth-order valence-corrected chi connectivity index (χ4v) is 5.87. The maximum atomic E-state index is 12.4. The Kier molecular flexibility index (Phi) is 5.56. The molecule has 3 aromatic rings. The number of benzene rings is 1. The van der Waals surface area contributed by atoms with Crippen molar-refractivity contribution in [1.29, 1.82) is 0 Å². The molecule has 1 aliphatic heterocycles. The Hall–Kier alpha value is -1.06. The largest absolute Gasteiger partial charge is 0.297 e. The number of thiazole rings is 1. The summed E-state index contributed by atoms with van der Waals surface area (Å²) >= 11 is 9.82. The van der Waals surface area contributed by atoms with Gasteiger partial charge in [-0.1, -0.05) is 30.3 Å². The minimum atomic E-state index is -0.117. The van der Waals surface area contributed by atoms with Gasteiger partial charge in [0.15, 0.2) is 5.13 Å². The molecule has 8 heteroatoms. The summed E-state index contributed by atoms with van der Waals surface area (Å²) in [5.74, 6) is -0.117. The lowest BCUT2D eigenvalue weighted by atomic mass is 10.1. The Morgan fingerprint density at radius 1 is 1.23 bits per heavy atom. The molecule has 0 atom stereocenters. The zero-order valence-electron chi connectivity index (χ0n) is 13.7. The number of halogens is 2. The van der Waals surface area contributed by atoms with Crippen LogP contribution in [0, 0.1) is 0 Å².